The second-order valence-corrected chi connectivity index (χ2v) is 5.05. The lowest BCUT2D eigenvalue weighted by atomic mass is 10.1. The smallest absolute Gasteiger partial charge is 0.0476 e. The van der Waals surface area contributed by atoms with Crippen molar-refractivity contribution in [3.8, 4) is 0 Å². The fourth-order valence-corrected chi connectivity index (χ4v) is 2.01. The summed E-state index contributed by atoms with van der Waals surface area (Å²) in [6.45, 7) is 6.06. The fraction of sp³-hybridized carbons (Fsp3) is 0.538. The highest BCUT2D eigenvalue weighted by atomic mass is 79.9. The van der Waals surface area contributed by atoms with Gasteiger partial charge in [0.15, 0.2) is 0 Å². The molecule has 0 aliphatic heterocycles. The average molecular weight is 286 g/mol. The number of nitrogens with one attached hydrogen (secondary N) is 1. The van der Waals surface area contributed by atoms with Gasteiger partial charge in [0.1, 0.15) is 0 Å². The molecule has 0 aliphatic rings. The molecule has 3 heteroatoms. The Morgan fingerprint density at radius 2 is 2.19 bits per heavy atom. The van der Waals surface area contributed by atoms with Gasteiger partial charge in [-0.05, 0) is 43.5 Å². The maximum atomic E-state index is 5.06. The maximum absolute atomic E-state index is 5.06. The van der Waals surface area contributed by atoms with Crippen molar-refractivity contribution in [2.75, 3.05) is 13.7 Å². The van der Waals surface area contributed by atoms with Crippen LogP contribution in [0.5, 0.6) is 0 Å². The van der Waals surface area contributed by atoms with Gasteiger partial charge in [-0.3, -0.25) is 0 Å². The number of rotatable bonds is 6. The Hall–Kier alpha value is -0.380. The molecule has 90 valence electrons. The standard InChI is InChI=1S/C13H20BrNO/c1-10-8-13(14)5-4-12(10)9-15-11(2)6-7-16-3/h4-5,8,11,15H,6-7,9H2,1-3H3. The Labute approximate surface area is 107 Å². The number of hydrogen-bond acceptors (Lipinski definition) is 2. The number of methoxy groups -OCH3 is 1. The first-order valence-corrected chi connectivity index (χ1v) is 6.40. The van der Waals surface area contributed by atoms with Crippen molar-refractivity contribution in [1.82, 2.24) is 5.32 Å². The molecule has 16 heavy (non-hydrogen) atoms. The van der Waals surface area contributed by atoms with Gasteiger partial charge in [-0.1, -0.05) is 22.0 Å². The monoisotopic (exact) mass is 285 g/mol. The molecule has 1 rings (SSSR count). The van der Waals surface area contributed by atoms with Crippen molar-refractivity contribution in [1.29, 1.82) is 0 Å². The minimum Gasteiger partial charge on any atom is -0.385 e. The highest BCUT2D eigenvalue weighted by Crippen LogP contribution is 2.15. The van der Waals surface area contributed by atoms with Crippen LogP contribution in [0.2, 0.25) is 0 Å². The summed E-state index contributed by atoms with van der Waals surface area (Å²) in [6.07, 6.45) is 1.05. The lowest BCUT2D eigenvalue weighted by molar-refractivity contribution is 0.184. The van der Waals surface area contributed by atoms with Gasteiger partial charge in [-0.15, -0.1) is 0 Å². The summed E-state index contributed by atoms with van der Waals surface area (Å²) in [4.78, 5) is 0. The number of hydrogen-bond donors (Lipinski definition) is 1. The van der Waals surface area contributed by atoms with Gasteiger partial charge in [0.25, 0.3) is 0 Å². The molecule has 1 atom stereocenters. The lowest BCUT2D eigenvalue weighted by Crippen LogP contribution is -2.26. The van der Waals surface area contributed by atoms with E-state index >= 15 is 0 Å². The lowest BCUT2D eigenvalue weighted by Gasteiger charge is -2.14. The second kappa shape index (κ2) is 7.05. The van der Waals surface area contributed by atoms with Crippen LogP contribution in [0, 0.1) is 6.92 Å². The van der Waals surface area contributed by atoms with E-state index in [1.807, 2.05) is 0 Å². The predicted octanol–water partition coefficient (Wildman–Crippen LogP) is 3.27. The van der Waals surface area contributed by atoms with E-state index in [0.717, 1.165) is 24.0 Å². The molecule has 0 saturated heterocycles. The molecule has 0 aromatic heterocycles. The zero-order chi connectivity index (χ0) is 12.0. The van der Waals surface area contributed by atoms with Gasteiger partial charge < -0.3 is 10.1 Å². The zero-order valence-electron chi connectivity index (χ0n) is 10.2. The van der Waals surface area contributed by atoms with Gasteiger partial charge in [-0.25, -0.2) is 0 Å². The summed E-state index contributed by atoms with van der Waals surface area (Å²) in [6, 6.07) is 6.89. The Kier molecular flexibility index (Phi) is 6.03. The highest BCUT2D eigenvalue weighted by molar-refractivity contribution is 9.10. The van der Waals surface area contributed by atoms with E-state index in [9.17, 15) is 0 Å². The van der Waals surface area contributed by atoms with Crippen molar-refractivity contribution in [2.24, 2.45) is 0 Å². The van der Waals surface area contributed by atoms with Gasteiger partial charge in [-0.2, -0.15) is 0 Å². The summed E-state index contributed by atoms with van der Waals surface area (Å²) >= 11 is 3.47. The number of halogens is 1. The van der Waals surface area contributed by atoms with Crippen LogP contribution in [-0.4, -0.2) is 19.8 Å². The summed E-state index contributed by atoms with van der Waals surface area (Å²) in [5.41, 5.74) is 2.67. The average Bonchev–Trinajstić information content (AvgIpc) is 2.25. The van der Waals surface area contributed by atoms with E-state index in [4.69, 9.17) is 4.74 Å². The molecule has 1 N–H and O–H groups in total. The number of aryl methyl sites for hydroxylation is 1. The molecule has 0 spiro atoms. The molecule has 0 radical (unpaired) electrons. The Morgan fingerprint density at radius 3 is 2.81 bits per heavy atom. The van der Waals surface area contributed by atoms with Crippen molar-refractivity contribution in [3.05, 3.63) is 33.8 Å². The third-order valence-electron chi connectivity index (χ3n) is 2.70. The van der Waals surface area contributed by atoms with Gasteiger partial charge in [0.2, 0.25) is 0 Å². The molecule has 2 nitrogen and oxygen atoms in total. The molecule has 0 aliphatic carbocycles. The van der Waals surface area contributed by atoms with E-state index in [1.165, 1.54) is 11.1 Å². The van der Waals surface area contributed by atoms with E-state index in [0.29, 0.717) is 6.04 Å². The zero-order valence-corrected chi connectivity index (χ0v) is 11.8. The molecule has 1 aromatic carbocycles. The summed E-state index contributed by atoms with van der Waals surface area (Å²) in [5.74, 6) is 0. The minimum absolute atomic E-state index is 0.489. The van der Waals surface area contributed by atoms with Crippen LogP contribution >= 0.6 is 15.9 Å². The van der Waals surface area contributed by atoms with E-state index in [1.54, 1.807) is 7.11 Å². The number of ether oxygens (including phenoxy) is 1. The normalized spacial score (nSPS) is 12.8. The van der Waals surface area contributed by atoms with Crippen molar-refractivity contribution < 1.29 is 4.74 Å². The summed E-state index contributed by atoms with van der Waals surface area (Å²) in [5, 5.41) is 3.50. The third kappa shape index (κ3) is 4.64. The van der Waals surface area contributed by atoms with E-state index in [2.05, 4.69) is 53.3 Å². The number of benzene rings is 1. The predicted molar refractivity (Wildman–Crippen MR) is 71.7 cm³/mol. The van der Waals surface area contributed by atoms with E-state index < -0.39 is 0 Å². The summed E-state index contributed by atoms with van der Waals surface area (Å²) in [7, 11) is 1.74. The van der Waals surface area contributed by atoms with Crippen LogP contribution in [-0.2, 0) is 11.3 Å². The largest absolute Gasteiger partial charge is 0.385 e. The van der Waals surface area contributed by atoms with Gasteiger partial charge >= 0.3 is 0 Å². The van der Waals surface area contributed by atoms with Crippen LogP contribution in [0.4, 0.5) is 0 Å². The molecular formula is C13H20BrNO. The first kappa shape index (κ1) is 13.7. The van der Waals surface area contributed by atoms with Gasteiger partial charge in [0, 0.05) is 30.8 Å². The second-order valence-electron chi connectivity index (χ2n) is 4.13. The highest BCUT2D eigenvalue weighted by Gasteiger charge is 2.03. The SMILES string of the molecule is COCCC(C)NCc1ccc(Br)cc1C. The third-order valence-corrected chi connectivity index (χ3v) is 3.19. The molecule has 0 fully saturated rings. The Balaban J connectivity index is 2.42. The van der Waals surface area contributed by atoms with Crippen molar-refractivity contribution in [2.45, 2.75) is 32.9 Å². The molecule has 0 amide bonds. The quantitative estimate of drug-likeness (QED) is 0.866. The van der Waals surface area contributed by atoms with Crippen LogP contribution in [0.3, 0.4) is 0 Å². The summed E-state index contributed by atoms with van der Waals surface area (Å²) < 4.78 is 6.20. The molecule has 1 aromatic rings. The molecular weight excluding hydrogens is 266 g/mol. The molecule has 0 heterocycles. The fourth-order valence-electron chi connectivity index (χ4n) is 1.54. The van der Waals surface area contributed by atoms with Crippen LogP contribution in [0.1, 0.15) is 24.5 Å². The van der Waals surface area contributed by atoms with Crippen LogP contribution in [0.25, 0.3) is 0 Å². The first-order valence-electron chi connectivity index (χ1n) is 5.61. The molecule has 0 saturated carbocycles. The first-order chi connectivity index (χ1) is 7.63. The maximum Gasteiger partial charge on any atom is 0.0476 e. The van der Waals surface area contributed by atoms with Gasteiger partial charge in [0.05, 0.1) is 0 Å². The Bertz CT molecular complexity index is 328. The molecule has 1 unspecified atom stereocenters. The van der Waals surface area contributed by atoms with Crippen LogP contribution in [0.15, 0.2) is 22.7 Å². The Morgan fingerprint density at radius 1 is 1.44 bits per heavy atom. The van der Waals surface area contributed by atoms with Crippen molar-refractivity contribution >= 4 is 15.9 Å². The van der Waals surface area contributed by atoms with Crippen molar-refractivity contribution in [3.63, 3.8) is 0 Å². The molecule has 0 bridgehead atoms. The topological polar surface area (TPSA) is 21.3 Å². The van der Waals surface area contributed by atoms with E-state index in [-0.39, 0.29) is 0 Å². The van der Waals surface area contributed by atoms with Crippen LogP contribution < -0.4 is 5.32 Å². The minimum atomic E-state index is 0.489.